The molecule has 1 aromatic carbocycles. The predicted octanol–water partition coefficient (Wildman–Crippen LogP) is 1.30. The maximum atomic E-state index is 11.7. The van der Waals surface area contributed by atoms with Crippen LogP contribution in [0.25, 0.3) is 0 Å². The van der Waals surface area contributed by atoms with Crippen LogP contribution in [0.15, 0.2) is 18.2 Å². The van der Waals surface area contributed by atoms with Gasteiger partial charge in [-0.2, -0.15) is 0 Å². The zero-order chi connectivity index (χ0) is 15.2. The third-order valence-corrected chi connectivity index (χ3v) is 3.93. The van der Waals surface area contributed by atoms with Crippen molar-refractivity contribution < 1.29 is 9.53 Å². The van der Waals surface area contributed by atoms with Crippen LogP contribution in [0.5, 0.6) is 0 Å². The van der Waals surface area contributed by atoms with Gasteiger partial charge in [0, 0.05) is 31.9 Å². The van der Waals surface area contributed by atoms with Crippen LogP contribution in [0.1, 0.15) is 28.8 Å². The highest BCUT2D eigenvalue weighted by Gasteiger charge is 2.21. The Balaban J connectivity index is 2.25. The van der Waals surface area contributed by atoms with Crippen molar-refractivity contribution in [2.45, 2.75) is 25.8 Å². The van der Waals surface area contributed by atoms with Gasteiger partial charge in [0.1, 0.15) is 0 Å². The number of amides is 1. The Morgan fingerprint density at radius 1 is 1.52 bits per heavy atom. The summed E-state index contributed by atoms with van der Waals surface area (Å²) in [6.07, 6.45) is 2.38. The van der Waals surface area contributed by atoms with Crippen LogP contribution >= 0.6 is 0 Å². The molecular formula is C16H25N3O2. The maximum Gasteiger partial charge on any atom is 0.250 e. The Morgan fingerprint density at radius 3 is 2.95 bits per heavy atom. The predicted molar refractivity (Wildman–Crippen MR) is 84.8 cm³/mol. The lowest BCUT2D eigenvalue weighted by molar-refractivity contribution is 0.100. The van der Waals surface area contributed by atoms with Crippen molar-refractivity contribution in [2.24, 2.45) is 5.73 Å². The topological polar surface area (TPSA) is 67.6 Å². The van der Waals surface area contributed by atoms with Crippen molar-refractivity contribution in [3.05, 3.63) is 29.3 Å². The summed E-state index contributed by atoms with van der Waals surface area (Å²) >= 11 is 0. The van der Waals surface area contributed by atoms with Crippen molar-refractivity contribution >= 4 is 11.6 Å². The van der Waals surface area contributed by atoms with Gasteiger partial charge >= 0.3 is 0 Å². The zero-order valence-electron chi connectivity index (χ0n) is 12.9. The lowest BCUT2D eigenvalue weighted by Crippen LogP contribution is -2.40. The van der Waals surface area contributed by atoms with Crippen LogP contribution in [0.4, 0.5) is 5.69 Å². The SMILES string of the molecule is COCCN(CC1CCCN1)c1cc(C)ccc1C(N)=O. The minimum absolute atomic E-state index is 0.383. The van der Waals surface area contributed by atoms with Gasteiger partial charge in [0.05, 0.1) is 12.2 Å². The first kappa shape index (κ1) is 15.8. The van der Waals surface area contributed by atoms with Crippen molar-refractivity contribution in [3.63, 3.8) is 0 Å². The summed E-state index contributed by atoms with van der Waals surface area (Å²) in [6.45, 7) is 5.33. The van der Waals surface area contributed by atoms with E-state index < -0.39 is 0 Å². The van der Waals surface area contributed by atoms with E-state index in [0.717, 1.165) is 30.9 Å². The van der Waals surface area contributed by atoms with Gasteiger partial charge in [-0.25, -0.2) is 0 Å². The van der Waals surface area contributed by atoms with E-state index in [4.69, 9.17) is 10.5 Å². The molecule has 1 heterocycles. The Morgan fingerprint density at radius 2 is 2.33 bits per heavy atom. The van der Waals surface area contributed by atoms with Gasteiger partial charge in [-0.1, -0.05) is 6.07 Å². The lowest BCUT2D eigenvalue weighted by atomic mass is 10.1. The fourth-order valence-corrected chi connectivity index (χ4v) is 2.80. The van der Waals surface area contributed by atoms with Crippen LogP contribution in [0.3, 0.4) is 0 Å². The van der Waals surface area contributed by atoms with Crippen molar-refractivity contribution in [1.29, 1.82) is 0 Å². The maximum absolute atomic E-state index is 11.7. The van der Waals surface area contributed by atoms with Gasteiger partial charge in [0.25, 0.3) is 5.91 Å². The lowest BCUT2D eigenvalue weighted by Gasteiger charge is -2.29. The molecule has 1 unspecified atom stereocenters. The number of primary amides is 1. The monoisotopic (exact) mass is 291 g/mol. The molecular weight excluding hydrogens is 266 g/mol. The molecule has 0 spiro atoms. The number of nitrogens with zero attached hydrogens (tertiary/aromatic N) is 1. The number of anilines is 1. The zero-order valence-corrected chi connectivity index (χ0v) is 12.9. The number of rotatable bonds is 7. The molecule has 0 aromatic heterocycles. The van der Waals surface area contributed by atoms with Crippen LogP contribution < -0.4 is 16.0 Å². The molecule has 1 aliphatic rings. The number of nitrogens with two attached hydrogens (primary N) is 1. The number of ether oxygens (including phenoxy) is 1. The summed E-state index contributed by atoms with van der Waals surface area (Å²) in [6, 6.07) is 6.23. The second-order valence-electron chi connectivity index (χ2n) is 5.62. The summed E-state index contributed by atoms with van der Waals surface area (Å²) in [5, 5.41) is 3.50. The largest absolute Gasteiger partial charge is 0.383 e. The van der Waals surface area contributed by atoms with Crippen molar-refractivity contribution in [3.8, 4) is 0 Å². The Hall–Kier alpha value is -1.59. The second-order valence-corrected chi connectivity index (χ2v) is 5.62. The minimum atomic E-state index is -0.383. The molecule has 1 saturated heterocycles. The molecule has 1 amide bonds. The first-order valence-electron chi connectivity index (χ1n) is 7.49. The summed E-state index contributed by atoms with van der Waals surface area (Å²) in [5.74, 6) is -0.383. The van der Waals surface area contributed by atoms with Crippen LogP contribution in [0, 0.1) is 6.92 Å². The van der Waals surface area contributed by atoms with E-state index in [1.807, 2.05) is 25.1 Å². The van der Waals surface area contributed by atoms with Gasteiger partial charge in [0.15, 0.2) is 0 Å². The summed E-state index contributed by atoms with van der Waals surface area (Å²) in [4.78, 5) is 13.9. The van der Waals surface area contributed by atoms with E-state index in [9.17, 15) is 4.79 Å². The Bertz CT molecular complexity index is 484. The number of methoxy groups -OCH3 is 1. The average Bonchev–Trinajstić information content (AvgIpc) is 2.96. The Kier molecular flexibility index (Phi) is 5.59. The standard InChI is InChI=1S/C16H25N3O2/c1-12-5-6-14(16(17)20)15(10-12)19(8-9-21-2)11-13-4-3-7-18-13/h5-6,10,13,18H,3-4,7-9,11H2,1-2H3,(H2,17,20). The highest BCUT2D eigenvalue weighted by atomic mass is 16.5. The highest BCUT2D eigenvalue weighted by Crippen LogP contribution is 2.23. The van der Waals surface area contributed by atoms with Crippen molar-refractivity contribution in [2.75, 3.05) is 38.3 Å². The Labute approximate surface area is 126 Å². The van der Waals surface area contributed by atoms with E-state index in [1.54, 1.807) is 7.11 Å². The van der Waals surface area contributed by atoms with Gasteiger partial charge in [-0.05, 0) is 44.0 Å². The molecule has 1 atom stereocenters. The fraction of sp³-hybridized carbons (Fsp3) is 0.562. The number of hydrogen-bond donors (Lipinski definition) is 2. The molecule has 1 aliphatic heterocycles. The molecule has 1 fully saturated rings. The number of benzene rings is 1. The summed E-state index contributed by atoms with van der Waals surface area (Å²) in [5.41, 5.74) is 8.14. The minimum Gasteiger partial charge on any atom is -0.383 e. The van der Waals surface area contributed by atoms with Gasteiger partial charge < -0.3 is 20.7 Å². The molecule has 116 valence electrons. The third kappa shape index (κ3) is 4.19. The van der Waals surface area contributed by atoms with Crippen LogP contribution in [0.2, 0.25) is 0 Å². The highest BCUT2D eigenvalue weighted by molar-refractivity contribution is 5.98. The fourth-order valence-electron chi connectivity index (χ4n) is 2.80. The number of carbonyl (C=O) groups excluding carboxylic acids is 1. The number of aryl methyl sites for hydroxylation is 1. The summed E-state index contributed by atoms with van der Waals surface area (Å²) in [7, 11) is 1.69. The average molecular weight is 291 g/mol. The summed E-state index contributed by atoms with van der Waals surface area (Å²) < 4.78 is 5.21. The molecule has 3 N–H and O–H groups in total. The molecule has 0 saturated carbocycles. The smallest absolute Gasteiger partial charge is 0.250 e. The van der Waals surface area contributed by atoms with E-state index in [1.165, 1.54) is 12.8 Å². The molecule has 0 bridgehead atoms. The first-order chi connectivity index (χ1) is 10.1. The first-order valence-corrected chi connectivity index (χ1v) is 7.49. The normalized spacial score (nSPS) is 17.9. The quantitative estimate of drug-likeness (QED) is 0.794. The van der Waals surface area contributed by atoms with Crippen LogP contribution in [-0.2, 0) is 4.74 Å². The van der Waals surface area contributed by atoms with Gasteiger partial charge in [-0.15, -0.1) is 0 Å². The van der Waals surface area contributed by atoms with E-state index in [-0.39, 0.29) is 5.91 Å². The molecule has 0 aliphatic carbocycles. The molecule has 2 rings (SSSR count). The third-order valence-electron chi connectivity index (χ3n) is 3.93. The van der Waals surface area contributed by atoms with Crippen molar-refractivity contribution in [1.82, 2.24) is 5.32 Å². The van der Waals surface area contributed by atoms with E-state index in [0.29, 0.717) is 18.2 Å². The van der Waals surface area contributed by atoms with Gasteiger partial charge in [-0.3, -0.25) is 4.79 Å². The van der Waals surface area contributed by atoms with Gasteiger partial charge in [0.2, 0.25) is 0 Å². The second kappa shape index (κ2) is 7.43. The molecule has 5 nitrogen and oxygen atoms in total. The van der Waals surface area contributed by atoms with E-state index in [2.05, 4.69) is 10.2 Å². The number of carbonyl (C=O) groups is 1. The van der Waals surface area contributed by atoms with E-state index >= 15 is 0 Å². The molecule has 0 radical (unpaired) electrons. The number of nitrogens with one attached hydrogen (secondary N) is 1. The molecule has 1 aromatic rings. The molecule has 21 heavy (non-hydrogen) atoms. The van der Waals surface area contributed by atoms with Crippen LogP contribution in [-0.4, -0.2) is 45.3 Å². The number of hydrogen-bond acceptors (Lipinski definition) is 4. The molecule has 5 heteroatoms.